The Bertz CT molecular complexity index is 828. The molecule has 0 saturated carbocycles. The Morgan fingerprint density at radius 1 is 1.11 bits per heavy atom. The van der Waals surface area contributed by atoms with Gasteiger partial charge in [-0.05, 0) is 35.2 Å². The number of benzene rings is 2. The summed E-state index contributed by atoms with van der Waals surface area (Å²) in [4.78, 5) is 23.6. The second-order valence-electron chi connectivity index (χ2n) is 7.23. The first-order valence-electron chi connectivity index (χ1n) is 9.14. The number of hydrogen-bond donors (Lipinski definition) is 3. The molecular weight excluding hydrogens is 344 g/mol. The zero-order valence-corrected chi connectivity index (χ0v) is 14.9. The maximum absolute atomic E-state index is 12.4. The third-order valence-electron chi connectivity index (χ3n) is 5.44. The molecule has 0 spiro atoms. The van der Waals surface area contributed by atoms with E-state index in [9.17, 15) is 9.59 Å². The zero-order chi connectivity index (χ0) is 18.9. The lowest BCUT2D eigenvalue weighted by atomic mass is 9.94. The van der Waals surface area contributed by atoms with Crippen LogP contribution in [0.5, 0.6) is 0 Å². The number of carbonyl (C=O) groups is 2. The average Bonchev–Trinajstić information content (AvgIpc) is 3.22. The Balaban J connectivity index is 1.47. The quantitative estimate of drug-likeness (QED) is 0.757. The fourth-order valence-corrected chi connectivity index (χ4v) is 4.19. The Morgan fingerprint density at radius 2 is 1.74 bits per heavy atom. The largest absolute Gasteiger partial charge is 0.481 e. The lowest BCUT2D eigenvalue weighted by Crippen LogP contribution is -2.51. The monoisotopic (exact) mass is 366 g/mol. The third kappa shape index (κ3) is 3.40. The normalized spacial score (nSPS) is 20.7. The highest BCUT2D eigenvalue weighted by Gasteiger charge is 2.38. The van der Waals surface area contributed by atoms with Gasteiger partial charge in [0.1, 0.15) is 6.61 Å². The molecule has 4 rings (SSSR count). The van der Waals surface area contributed by atoms with Gasteiger partial charge in [-0.15, -0.1) is 0 Å². The number of rotatable bonds is 5. The molecule has 0 radical (unpaired) electrons. The summed E-state index contributed by atoms with van der Waals surface area (Å²) in [5.74, 6) is -0.946. The molecule has 1 aliphatic heterocycles. The molecule has 0 bridgehead atoms. The van der Waals surface area contributed by atoms with Crippen LogP contribution in [0, 0.1) is 0 Å². The molecule has 0 aromatic heterocycles. The smallest absolute Gasteiger partial charge is 0.407 e. The van der Waals surface area contributed by atoms with Crippen molar-refractivity contribution in [3.8, 4) is 11.1 Å². The van der Waals surface area contributed by atoms with E-state index in [0.717, 1.165) is 11.1 Å². The molecule has 6 heteroatoms. The van der Waals surface area contributed by atoms with E-state index in [4.69, 9.17) is 9.84 Å². The number of hydrogen-bond acceptors (Lipinski definition) is 4. The van der Waals surface area contributed by atoms with Crippen molar-refractivity contribution in [2.45, 2.75) is 24.3 Å². The van der Waals surface area contributed by atoms with Crippen LogP contribution in [0.1, 0.15) is 29.9 Å². The van der Waals surface area contributed by atoms with Gasteiger partial charge in [-0.25, -0.2) is 4.79 Å². The lowest BCUT2D eigenvalue weighted by molar-refractivity contribution is -0.138. The first kappa shape index (κ1) is 17.5. The summed E-state index contributed by atoms with van der Waals surface area (Å²) in [5, 5.41) is 15.1. The van der Waals surface area contributed by atoms with Crippen LogP contribution >= 0.6 is 0 Å². The molecule has 2 aromatic carbocycles. The van der Waals surface area contributed by atoms with Crippen LogP contribution in [0.25, 0.3) is 11.1 Å². The van der Waals surface area contributed by atoms with Crippen LogP contribution < -0.4 is 10.6 Å². The van der Waals surface area contributed by atoms with Gasteiger partial charge in [0.25, 0.3) is 0 Å². The Kier molecular flexibility index (Phi) is 4.58. The average molecular weight is 366 g/mol. The molecule has 1 atom stereocenters. The van der Waals surface area contributed by atoms with E-state index in [1.165, 1.54) is 11.1 Å². The molecule has 1 unspecified atom stereocenters. The van der Waals surface area contributed by atoms with E-state index in [-0.39, 0.29) is 18.9 Å². The van der Waals surface area contributed by atoms with Crippen molar-refractivity contribution < 1.29 is 19.4 Å². The Labute approximate surface area is 157 Å². The number of nitrogens with one attached hydrogen (secondary N) is 2. The molecule has 1 fully saturated rings. The standard InChI is InChI=1S/C21H22N2O4/c24-19(25)11-21(9-10-22-13-21)23-20(26)27-12-18-16-7-3-1-5-14(16)15-6-2-4-8-17(15)18/h1-8,18,22H,9-13H2,(H,23,26)(H,24,25). The van der Waals surface area contributed by atoms with Crippen LogP contribution in [-0.2, 0) is 9.53 Å². The van der Waals surface area contributed by atoms with Gasteiger partial charge in [0.15, 0.2) is 0 Å². The second-order valence-corrected chi connectivity index (χ2v) is 7.23. The van der Waals surface area contributed by atoms with Crippen LogP contribution in [0.15, 0.2) is 48.5 Å². The highest BCUT2D eigenvalue weighted by molar-refractivity contribution is 5.79. The first-order chi connectivity index (χ1) is 13.1. The van der Waals surface area contributed by atoms with E-state index in [1.807, 2.05) is 24.3 Å². The number of alkyl carbamates (subject to hydrolysis) is 1. The molecule has 1 amide bonds. The molecular formula is C21H22N2O4. The number of carboxylic acid groups (broad SMARTS) is 1. The zero-order valence-electron chi connectivity index (χ0n) is 14.9. The minimum Gasteiger partial charge on any atom is -0.481 e. The minimum atomic E-state index is -0.933. The maximum atomic E-state index is 12.4. The summed E-state index contributed by atoms with van der Waals surface area (Å²) in [7, 11) is 0. The number of fused-ring (bicyclic) bond motifs is 3. The predicted molar refractivity (Wildman–Crippen MR) is 101 cm³/mol. The fourth-order valence-electron chi connectivity index (χ4n) is 4.19. The van der Waals surface area contributed by atoms with E-state index in [2.05, 4.69) is 34.9 Å². The number of carbonyl (C=O) groups excluding carboxylic acids is 1. The number of aliphatic carboxylic acids is 1. The molecule has 2 aromatic rings. The molecule has 3 N–H and O–H groups in total. The van der Waals surface area contributed by atoms with Crippen molar-refractivity contribution >= 4 is 12.1 Å². The highest BCUT2D eigenvalue weighted by atomic mass is 16.5. The summed E-state index contributed by atoms with van der Waals surface area (Å²) in [5.41, 5.74) is 3.85. The number of ether oxygens (including phenoxy) is 1. The minimum absolute atomic E-state index is 0.0136. The molecule has 2 aliphatic rings. The van der Waals surface area contributed by atoms with Crippen molar-refractivity contribution in [1.82, 2.24) is 10.6 Å². The Hall–Kier alpha value is -2.86. The van der Waals surface area contributed by atoms with Crippen LogP contribution in [0.3, 0.4) is 0 Å². The lowest BCUT2D eigenvalue weighted by Gasteiger charge is -2.27. The number of carboxylic acids is 1. The summed E-state index contributed by atoms with van der Waals surface area (Å²) >= 11 is 0. The summed E-state index contributed by atoms with van der Waals surface area (Å²) in [6.07, 6.45) is -0.116. The van der Waals surface area contributed by atoms with E-state index < -0.39 is 17.6 Å². The van der Waals surface area contributed by atoms with Crippen LogP contribution in [0.4, 0.5) is 4.79 Å². The van der Waals surface area contributed by atoms with Gasteiger partial charge in [0.2, 0.25) is 0 Å². The Morgan fingerprint density at radius 3 is 2.30 bits per heavy atom. The van der Waals surface area contributed by atoms with E-state index in [0.29, 0.717) is 19.5 Å². The topological polar surface area (TPSA) is 87.7 Å². The van der Waals surface area contributed by atoms with Crippen molar-refractivity contribution in [2.75, 3.05) is 19.7 Å². The first-order valence-corrected chi connectivity index (χ1v) is 9.14. The van der Waals surface area contributed by atoms with Crippen LogP contribution in [0.2, 0.25) is 0 Å². The van der Waals surface area contributed by atoms with Gasteiger partial charge in [-0.2, -0.15) is 0 Å². The molecule has 1 heterocycles. The van der Waals surface area contributed by atoms with E-state index >= 15 is 0 Å². The van der Waals surface area contributed by atoms with E-state index in [1.54, 1.807) is 0 Å². The molecule has 1 saturated heterocycles. The van der Waals surface area contributed by atoms with Gasteiger partial charge in [0.05, 0.1) is 12.0 Å². The van der Waals surface area contributed by atoms with Crippen molar-refractivity contribution in [2.24, 2.45) is 0 Å². The van der Waals surface area contributed by atoms with Crippen LogP contribution in [-0.4, -0.2) is 42.4 Å². The van der Waals surface area contributed by atoms with Crippen molar-refractivity contribution in [1.29, 1.82) is 0 Å². The SMILES string of the molecule is O=C(O)CC1(NC(=O)OCC2c3ccccc3-c3ccccc32)CCNC1. The third-order valence-corrected chi connectivity index (χ3v) is 5.44. The molecule has 6 nitrogen and oxygen atoms in total. The second kappa shape index (κ2) is 7.04. The van der Waals surface area contributed by atoms with Crippen molar-refractivity contribution in [3.63, 3.8) is 0 Å². The van der Waals surface area contributed by atoms with Gasteiger partial charge >= 0.3 is 12.1 Å². The molecule has 27 heavy (non-hydrogen) atoms. The van der Waals surface area contributed by atoms with Gasteiger partial charge in [-0.3, -0.25) is 4.79 Å². The molecule has 140 valence electrons. The van der Waals surface area contributed by atoms with Gasteiger partial charge in [-0.1, -0.05) is 48.5 Å². The van der Waals surface area contributed by atoms with Gasteiger partial charge < -0.3 is 20.5 Å². The molecule has 1 aliphatic carbocycles. The van der Waals surface area contributed by atoms with Gasteiger partial charge in [0, 0.05) is 12.5 Å². The van der Waals surface area contributed by atoms with Crippen molar-refractivity contribution in [3.05, 3.63) is 59.7 Å². The highest BCUT2D eigenvalue weighted by Crippen LogP contribution is 2.44. The maximum Gasteiger partial charge on any atom is 0.407 e. The fraction of sp³-hybridized carbons (Fsp3) is 0.333. The predicted octanol–water partition coefficient (Wildman–Crippen LogP) is 2.73. The summed E-state index contributed by atoms with van der Waals surface area (Å²) in [6, 6.07) is 16.3. The summed E-state index contributed by atoms with van der Waals surface area (Å²) < 4.78 is 5.54. The number of amides is 1. The summed E-state index contributed by atoms with van der Waals surface area (Å²) in [6.45, 7) is 1.33.